The van der Waals surface area contributed by atoms with Crippen molar-refractivity contribution in [2.45, 2.75) is 50.9 Å². The first kappa shape index (κ1) is 19.2. The van der Waals surface area contributed by atoms with Gasteiger partial charge in [0.25, 0.3) is 0 Å². The van der Waals surface area contributed by atoms with Crippen molar-refractivity contribution < 1.29 is 4.79 Å². The zero-order valence-corrected chi connectivity index (χ0v) is 15.8. The van der Waals surface area contributed by atoms with Gasteiger partial charge in [0.2, 0.25) is 5.91 Å². The first-order valence-corrected chi connectivity index (χ1v) is 9.64. The molecule has 1 amide bonds. The van der Waals surface area contributed by atoms with Crippen LogP contribution >= 0.6 is 11.8 Å². The fourth-order valence-corrected chi connectivity index (χ4v) is 3.27. The Morgan fingerprint density at radius 2 is 2.12 bits per heavy atom. The second-order valence-corrected chi connectivity index (χ2v) is 6.83. The third-order valence-electron chi connectivity index (χ3n) is 3.87. The molecule has 0 aliphatic rings. The van der Waals surface area contributed by atoms with Crippen molar-refractivity contribution >= 4 is 17.7 Å². The highest BCUT2D eigenvalue weighted by atomic mass is 32.2. The SMILES string of the molecule is C=CCn1c(CCCC)nnc1SCC(=O)N[C@@H](C)c1ccccc1. The van der Waals surface area contributed by atoms with Gasteiger partial charge in [-0.25, -0.2) is 0 Å². The van der Waals surface area contributed by atoms with Gasteiger partial charge in [0.15, 0.2) is 5.16 Å². The monoisotopic (exact) mass is 358 g/mol. The smallest absolute Gasteiger partial charge is 0.230 e. The molecule has 0 saturated carbocycles. The summed E-state index contributed by atoms with van der Waals surface area (Å²) in [5, 5.41) is 12.3. The van der Waals surface area contributed by atoms with E-state index in [0.717, 1.165) is 35.8 Å². The lowest BCUT2D eigenvalue weighted by Gasteiger charge is -2.14. The van der Waals surface area contributed by atoms with Crippen LogP contribution in [0.1, 0.15) is 44.1 Å². The van der Waals surface area contributed by atoms with Gasteiger partial charge in [0.1, 0.15) is 5.82 Å². The summed E-state index contributed by atoms with van der Waals surface area (Å²) in [6.07, 6.45) is 4.92. The van der Waals surface area contributed by atoms with Crippen LogP contribution in [0.25, 0.3) is 0 Å². The molecule has 2 aromatic rings. The zero-order chi connectivity index (χ0) is 18.1. The van der Waals surface area contributed by atoms with E-state index in [1.807, 2.05) is 47.9 Å². The highest BCUT2D eigenvalue weighted by Gasteiger charge is 2.14. The van der Waals surface area contributed by atoms with E-state index in [1.54, 1.807) is 0 Å². The Hall–Kier alpha value is -2.08. The molecule has 1 heterocycles. The minimum atomic E-state index is -0.0135. The van der Waals surface area contributed by atoms with Gasteiger partial charge in [-0.05, 0) is 18.9 Å². The van der Waals surface area contributed by atoms with Gasteiger partial charge in [-0.3, -0.25) is 4.79 Å². The van der Waals surface area contributed by atoms with Gasteiger partial charge in [-0.2, -0.15) is 0 Å². The highest BCUT2D eigenvalue weighted by Crippen LogP contribution is 2.19. The maximum Gasteiger partial charge on any atom is 0.230 e. The molecule has 134 valence electrons. The molecule has 0 bridgehead atoms. The summed E-state index contributed by atoms with van der Waals surface area (Å²) in [6, 6.07) is 9.93. The number of nitrogens with zero attached hydrogens (tertiary/aromatic N) is 3. The number of hydrogen-bond donors (Lipinski definition) is 1. The fraction of sp³-hybridized carbons (Fsp3) is 0.421. The van der Waals surface area contributed by atoms with E-state index in [-0.39, 0.29) is 11.9 Å². The maximum absolute atomic E-state index is 12.2. The van der Waals surface area contributed by atoms with Crippen LogP contribution in [-0.4, -0.2) is 26.4 Å². The van der Waals surface area contributed by atoms with Crippen LogP contribution < -0.4 is 5.32 Å². The topological polar surface area (TPSA) is 59.8 Å². The molecule has 1 atom stereocenters. The predicted molar refractivity (Wildman–Crippen MR) is 103 cm³/mol. The number of rotatable bonds is 10. The highest BCUT2D eigenvalue weighted by molar-refractivity contribution is 7.99. The molecule has 0 unspecified atom stereocenters. The second-order valence-electron chi connectivity index (χ2n) is 5.89. The van der Waals surface area contributed by atoms with E-state index >= 15 is 0 Å². The van der Waals surface area contributed by atoms with E-state index < -0.39 is 0 Å². The number of nitrogens with one attached hydrogen (secondary N) is 1. The summed E-state index contributed by atoms with van der Waals surface area (Å²) in [5.41, 5.74) is 1.09. The Balaban J connectivity index is 1.92. The van der Waals surface area contributed by atoms with E-state index in [2.05, 4.69) is 29.0 Å². The summed E-state index contributed by atoms with van der Waals surface area (Å²) >= 11 is 1.42. The number of amides is 1. The Kier molecular flexibility index (Phi) is 7.73. The van der Waals surface area contributed by atoms with Gasteiger partial charge in [-0.1, -0.05) is 61.5 Å². The first-order valence-electron chi connectivity index (χ1n) is 8.65. The van der Waals surface area contributed by atoms with Crippen molar-refractivity contribution in [3.63, 3.8) is 0 Å². The van der Waals surface area contributed by atoms with Crippen LogP contribution in [-0.2, 0) is 17.8 Å². The molecule has 5 nitrogen and oxygen atoms in total. The number of aryl methyl sites for hydroxylation is 1. The van der Waals surface area contributed by atoms with Crippen molar-refractivity contribution in [3.8, 4) is 0 Å². The van der Waals surface area contributed by atoms with Crippen molar-refractivity contribution in [3.05, 3.63) is 54.4 Å². The van der Waals surface area contributed by atoms with E-state index in [4.69, 9.17) is 0 Å². The van der Waals surface area contributed by atoms with Crippen LogP contribution in [0.15, 0.2) is 48.1 Å². The van der Waals surface area contributed by atoms with Gasteiger partial charge in [0.05, 0.1) is 11.8 Å². The molecule has 0 saturated heterocycles. The number of carbonyl (C=O) groups excluding carboxylic acids is 1. The molecular formula is C19H26N4OS. The molecular weight excluding hydrogens is 332 g/mol. The van der Waals surface area contributed by atoms with Crippen LogP contribution in [0, 0.1) is 0 Å². The number of allylic oxidation sites excluding steroid dienone is 1. The van der Waals surface area contributed by atoms with Gasteiger partial charge in [-0.15, -0.1) is 16.8 Å². The minimum Gasteiger partial charge on any atom is -0.349 e. The van der Waals surface area contributed by atoms with Crippen molar-refractivity contribution in [1.82, 2.24) is 20.1 Å². The van der Waals surface area contributed by atoms with Gasteiger partial charge < -0.3 is 9.88 Å². The molecule has 0 spiro atoms. The van der Waals surface area contributed by atoms with E-state index in [1.165, 1.54) is 11.8 Å². The third-order valence-corrected chi connectivity index (χ3v) is 4.84. The van der Waals surface area contributed by atoms with E-state index in [0.29, 0.717) is 12.3 Å². The summed E-state index contributed by atoms with van der Waals surface area (Å²) in [6.45, 7) is 8.61. The number of aromatic nitrogens is 3. The molecule has 6 heteroatoms. The predicted octanol–water partition coefficient (Wildman–Crippen LogP) is 3.78. The number of benzene rings is 1. The third kappa shape index (κ3) is 5.74. The van der Waals surface area contributed by atoms with Crippen molar-refractivity contribution in [1.29, 1.82) is 0 Å². The van der Waals surface area contributed by atoms with Crippen molar-refractivity contribution in [2.75, 3.05) is 5.75 Å². The van der Waals surface area contributed by atoms with Crippen molar-refractivity contribution in [2.24, 2.45) is 0 Å². The Labute approximate surface area is 153 Å². The molecule has 0 radical (unpaired) electrons. The maximum atomic E-state index is 12.2. The number of thioether (sulfide) groups is 1. The number of unbranched alkanes of at least 4 members (excludes halogenated alkanes) is 1. The summed E-state index contributed by atoms with van der Waals surface area (Å²) in [5.74, 6) is 1.27. The summed E-state index contributed by atoms with van der Waals surface area (Å²) in [7, 11) is 0. The zero-order valence-electron chi connectivity index (χ0n) is 14.9. The fourth-order valence-electron chi connectivity index (χ4n) is 2.50. The molecule has 2 rings (SSSR count). The second kappa shape index (κ2) is 10.0. The van der Waals surface area contributed by atoms with Gasteiger partial charge in [0, 0.05) is 13.0 Å². The van der Waals surface area contributed by atoms with Crippen LogP contribution in [0.5, 0.6) is 0 Å². The first-order chi connectivity index (χ1) is 12.2. The average molecular weight is 359 g/mol. The Bertz CT molecular complexity index is 684. The lowest BCUT2D eigenvalue weighted by atomic mass is 10.1. The molecule has 1 aromatic heterocycles. The van der Waals surface area contributed by atoms with E-state index in [9.17, 15) is 4.79 Å². The normalized spacial score (nSPS) is 11.9. The quantitative estimate of drug-likeness (QED) is 0.519. The summed E-state index contributed by atoms with van der Waals surface area (Å²) in [4.78, 5) is 12.2. The lowest BCUT2D eigenvalue weighted by molar-refractivity contribution is -0.119. The molecule has 0 aliphatic heterocycles. The standard InChI is InChI=1S/C19H26N4OS/c1-4-6-12-17-21-22-19(23(17)13-5-2)25-14-18(24)20-15(3)16-10-8-7-9-11-16/h5,7-11,15H,2,4,6,12-14H2,1,3H3,(H,20,24)/t15-/m0/s1. The number of hydrogen-bond acceptors (Lipinski definition) is 4. The largest absolute Gasteiger partial charge is 0.349 e. The van der Waals surface area contributed by atoms with Crippen LogP contribution in [0.2, 0.25) is 0 Å². The van der Waals surface area contributed by atoms with Crippen LogP contribution in [0.4, 0.5) is 0 Å². The Morgan fingerprint density at radius 1 is 1.36 bits per heavy atom. The summed E-state index contributed by atoms with van der Waals surface area (Å²) < 4.78 is 2.04. The van der Waals surface area contributed by atoms with Crippen LogP contribution in [0.3, 0.4) is 0 Å². The Morgan fingerprint density at radius 3 is 2.80 bits per heavy atom. The number of carbonyl (C=O) groups is 1. The molecule has 25 heavy (non-hydrogen) atoms. The molecule has 1 aromatic carbocycles. The average Bonchev–Trinajstić information content (AvgIpc) is 3.01. The molecule has 1 N–H and O–H groups in total. The molecule has 0 aliphatic carbocycles. The lowest BCUT2D eigenvalue weighted by Crippen LogP contribution is -2.28. The molecule has 0 fully saturated rings. The minimum absolute atomic E-state index is 0.00962. The van der Waals surface area contributed by atoms with Gasteiger partial charge >= 0.3 is 0 Å².